The van der Waals surface area contributed by atoms with Crippen molar-refractivity contribution in [3.8, 4) is 0 Å². The summed E-state index contributed by atoms with van der Waals surface area (Å²) in [4.78, 5) is 14.6. The van der Waals surface area contributed by atoms with Crippen molar-refractivity contribution in [2.45, 2.75) is 23.6 Å². The molecule has 0 radical (unpaired) electrons. The third-order valence-corrected chi connectivity index (χ3v) is 6.67. The van der Waals surface area contributed by atoms with E-state index in [9.17, 15) is 13.2 Å². The predicted molar refractivity (Wildman–Crippen MR) is 76.5 cm³/mol. The van der Waals surface area contributed by atoms with E-state index >= 15 is 0 Å². The molecule has 0 aromatic carbocycles. The Balaban J connectivity index is 3.16. The first-order chi connectivity index (χ1) is 8.86. The fourth-order valence-electron chi connectivity index (χ4n) is 1.56. The summed E-state index contributed by atoms with van der Waals surface area (Å²) in [6.45, 7) is 1.90. The molecule has 0 aliphatic rings. The molecule has 1 heterocycles. The van der Waals surface area contributed by atoms with Crippen LogP contribution in [0.15, 0.2) is 9.72 Å². The molecule has 0 amide bonds. The number of thiazole rings is 1. The second-order valence-corrected chi connectivity index (χ2v) is 7.79. The van der Waals surface area contributed by atoms with Crippen molar-refractivity contribution < 1.29 is 18.3 Å². The van der Waals surface area contributed by atoms with Crippen LogP contribution < -0.4 is 0 Å². The van der Waals surface area contributed by atoms with Gasteiger partial charge in [0.15, 0.2) is 9.90 Å². The molecule has 0 aliphatic carbocycles. The van der Waals surface area contributed by atoms with Gasteiger partial charge in [-0.05, 0) is 12.7 Å². The van der Waals surface area contributed by atoms with Gasteiger partial charge >= 0.3 is 5.97 Å². The maximum atomic E-state index is 12.4. The summed E-state index contributed by atoms with van der Waals surface area (Å²) in [7, 11) is -2.33. The third kappa shape index (κ3) is 3.47. The zero-order chi connectivity index (χ0) is 14.6. The zero-order valence-electron chi connectivity index (χ0n) is 10.9. The van der Waals surface area contributed by atoms with Crippen LogP contribution in [0.25, 0.3) is 0 Å². The van der Waals surface area contributed by atoms with Gasteiger partial charge in [0.25, 0.3) is 10.0 Å². The topological polar surface area (TPSA) is 87.6 Å². The van der Waals surface area contributed by atoms with Crippen molar-refractivity contribution in [2.75, 3.05) is 19.1 Å². The number of nitrogens with zero attached hydrogens (tertiary/aromatic N) is 2. The first-order valence-electron chi connectivity index (χ1n) is 5.50. The fraction of sp³-hybridized carbons (Fsp3) is 0.600. The monoisotopic (exact) mass is 324 g/mol. The lowest BCUT2D eigenvalue weighted by Gasteiger charge is -2.25. The number of carbonyl (C=O) groups is 1. The quantitative estimate of drug-likeness (QED) is 0.820. The second kappa shape index (κ2) is 6.69. The minimum absolute atomic E-state index is 0.163. The third-order valence-electron chi connectivity index (χ3n) is 2.70. The van der Waals surface area contributed by atoms with Gasteiger partial charge < -0.3 is 5.11 Å². The van der Waals surface area contributed by atoms with Crippen molar-refractivity contribution >= 4 is 39.1 Å². The molecule has 6 nitrogen and oxygen atoms in total. The van der Waals surface area contributed by atoms with Crippen molar-refractivity contribution in [3.05, 3.63) is 11.2 Å². The highest BCUT2D eigenvalue weighted by Gasteiger charge is 2.32. The average molecular weight is 324 g/mol. The summed E-state index contributed by atoms with van der Waals surface area (Å²) in [5, 5.41) is 8.96. The van der Waals surface area contributed by atoms with E-state index < -0.39 is 21.7 Å². The number of aromatic carboxylic acids is 1. The molecular weight excluding hydrogens is 308 g/mol. The Hall–Kier alpha value is -0.640. The summed E-state index contributed by atoms with van der Waals surface area (Å²) in [6, 6.07) is -0.163. The highest BCUT2D eigenvalue weighted by molar-refractivity contribution is 7.98. The molecule has 0 aliphatic heterocycles. The highest BCUT2D eigenvalue weighted by Crippen LogP contribution is 2.26. The lowest BCUT2D eigenvalue weighted by Crippen LogP contribution is -2.38. The molecule has 0 saturated heterocycles. The molecule has 0 saturated carbocycles. The van der Waals surface area contributed by atoms with Gasteiger partial charge in [0, 0.05) is 18.8 Å². The molecule has 19 heavy (non-hydrogen) atoms. The van der Waals surface area contributed by atoms with Crippen LogP contribution >= 0.6 is 23.1 Å². The number of hydrogen-bond donors (Lipinski definition) is 1. The van der Waals surface area contributed by atoms with E-state index in [2.05, 4.69) is 4.98 Å². The van der Waals surface area contributed by atoms with Gasteiger partial charge in [0.1, 0.15) is 0 Å². The van der Waals surface area contributed by atoms with E-state index in [1.165, 1.54) is 16.9 Å². The molecule has 1 rings (SSSR count). The Morgan fingerprint density at radius 1 is 1.63 bits per heavy atom. The van der Waals surface area contributed by atoms with E-state index in [1.807, 2.05) is 13.2 Å². The molecule has 0 fully saturated rings. The minimum atomic E-state index is -3.81. The largest absolute Gasteiger partial charge is 0.476 e. The number of aromatic nitrogens is 1. The fourth-order valence-corrected chi connectivity index (χ4v) is 5.23. The van der Waals surface area contributed by atoms with Crippen molar-refractivity contribution in [1.29, 1.82) is 0 Å². The number of carboxylic acids is 1. The van der Waals surface area contributed by atoms with Gasteiger partial charge in [0.2, 0.25) is 0 Å². The number of thioether (sulfide) groups is 1. The number of hydrogen-bond acceptors (Lipinski definition) is 6. The molecule has 9 heteroatoms. The lowest BCUT2D eigenvalue weighted by molar-refractivity contribution is 0.0687. The van der Waals surface area contributed by atoms with Gasteiger partial charge in [-0.3, -0.25) is 0 Å². The van der Waals surface area contributed by atoms with Gasteiger partial charge in [-0.25, -0.2) is 18.2 Å². The van der Waals surface area contributed by atoms with Crippen LogP contribution in [-0.2, 0) is 10.0 Å². The van der Waals surface area contributed by atoms with E-state index in [0.717, 1.165) is 11.3 Å². The van der Waals surface area contributed by atoms with E-state index in [-0.39, 0.29) is 10.3 Å². The summed E-state index contributed by atoms with van der Waals surface area (Å²) in [6.07, 6.45) is 2.57. The van der Waals surface area contributed by atoms with Crippen LogP contribution in [0.1, 0.15) is 23.8 Å². The Bertz CT molecular complexity index is 541. The Morgan fingerprint density at radius 2 is 2.26 bits per heavy atom. The molecule has 108 valence electrons. The van der Waals surface area contributed by atoms with Gasteiger partial charge in [-0.1, -0.05) is 6.92 Å². The predicted octanol–water partition coefficient (Wildman–Crippen LogP) is 1.60. The van der Waals surface area contributed by atoms with Crippen LogP contribution in [0.4, 0.5) is 0 Å². The first kappa shape index (κ1) is 16.4. The Kier molecular flexibility index (Phi) is 5.78. The van der Waals surface area contributed by atoms with Crippen LogP contribution in [0.3, 0.4) is 0 Å². The van der Waals surface area contributed by atoms with Gasteiger partial charge in [-0.15, -0.1) is 11.3 Å². The molecule has 1 unspecified atom stereocenters. The molecule has 0 bridgehead atoms. The Morgan fingerprint density at radius 3 is 2.74 bits per heavy atom. The van der Waals surface area contributed by atoms with Gasteiger partial charge in [-0.2, -0.15) is 16.1 Å². The van der Waals surface area contributed by atoms with E-state index in [4.69, 9.17) is 5.11 Å². The van der Waals surface area contributed by atoms with E-state index in [1.54, 1.807) is 11.8 Å². The van der Waals surface area contributed by atoms with E-state index in [0.29, 0.717) is 12.2 Å². The first-order valence-corrected chi connectivity index (χ1v) is 9.21. The molecule has 0 spiro atoms. The normalized spacial score (nSPS) is 13.7. The summed E-state index contributed by atoms with van der Waals surface area (Å²) in [5.74, 6) is -0.667. The second-order valence-electron chi connectivity index (χ2n) is 3.83. The van der Waals surface area contributed by atoms with Crippen LogP contribution in [0, 0.1) is 0 Å². The number of rotatable bonds is 7. The van der Waals surface area contributed by atoms with Crippen LogP contribution in [0.5, 0.6) is 0 Å². The number of sulfonamides is 1. The molecule has 1 aromatic heterocycles. The highest BCUT2D eigenvalue weighted by atomic mass is 32.2. The standard InChI is InChI=1S/C10H16N2O4S3/c1-4-7(5-17-3)12(2)19(15,16)10-8(9(13)14)11-6-18-10/h6-7H,4-5H2,1-3H3,(H,13,14). The van der Waals surface area contributed by atoms with Crippen LogP contribution in [0.2, 0.25) is 0 Å². The zero-order valence-corrected chi connectivity index (χ0v) is 13.3. The average Bonchev–Trinajstić information content (AvgIpc) is 2.85. The van der Waals surface area contributed by atoms with Crippen molar-refractivity contribution in [3.63, 3.8) is 0 Å². The minimum Gasteiger partial charge on any atom is -0.476 e. The smallest absolute Gasteiger partial charge is 0.356 e. The Labute approximate surface area is 120 Å². The van der Waals surface area contributed by atoms with Gasteiger partial charge in [0.05, 0.1) is 5.51 Å². The van der Waals surface area contributed by atoms with Crippen molar-refractivity contribution in [2.24, 2.45) is 0 Å². The number of carboxylic acid groups (broad SMARTS) is 1. The molecule has 1 N–H and O–H groups in total. The maximum Gasteiger partial charge on any atom is 0.356 e. The molecular formula is C10H16N2O4S3. The lowest BCUT2D eigenvalue weighted by atomic mass is 10.3. The van der Waals surface area contributed by atoms with Crippen molar-refractivity contribution in [1.82, 2.24) is 9.29 Å². The maximum absolute atomic E-state index is 12.4. The molecule has 1 atom stereocenters. The summed E-state index contributed by atoms with van der Waals surface area (Å²) >= 11 is 2.38. The SMILES string of the molecule is CCC(CSC)N(C)S(=O)(=O)c1scnc1C(=O)O. The summed E-state index contributed by atoms with van der Waals surface area (Å²) in [5.41, 5.74) is 0.829. The summed E-state index contributed by atoms with van der Waals surface area (Å²) < 4.78 is 25.9. The van der Waals surface area contributed by atoms with Crippen LogP contribution in [-0.4, -0.2) is 53.9 Å². The molecule has 1 aromatic rings.